The van der Waals surface area contributed by atoms with E-state index in [4.69, 9.17) is 16.2 Å². The zero-order valence-electron chi connectivity index (χ0n) is 11.5. The van der Waals surface area contributed by atoms with Crippen LogP contribution in [0, 0.1) is 12.5 Å². The molecule has 0 aromatic heterocycles. The molecule has 0 radical (unpaired) electrons. The Balaban J connectivity index is -0.0000000457. The molecule has 0 aliphatic carbocycles. The van der Waals surface area contributed by atoms with Crippen LogP contribution in [0.4, 0.5) is 0 Å². The van der Waals surface area contributed by atoms with Crippen LogP contribution in [0.3, 0.4) is 0 Å². The van der Waals surface area contributed by atoms with E-state index in [0.29, 0.717) is 6.04 Å². The molecule has 17 heavy (non-hydrogen) atoms. The van der Waals surface area contributed by atoms with Gasteiger partial charge in [0, 0.05) is 12.8 Å². The van der Waals surface area contributed by atoms with E-state index < -0.39 is 0 Å². The van der Waals surface area contributed by atoms with E-state index in [1.165, 1.54) is 5.92 Å². The van der Waals surface area contributed by atoms with E-state index in [1.54, 1.807) is 0 Å². The Kier molecular flexibility index (Phi) is 63.6. The van der Waals surface area contributed by atoms with Gasteiger partial charge < -0.3 is 20.4 Å². The molecule has 0 heterocycles. The Hall–Kier alpha value is -0.547. The van der Waals surface area contributed by atoms with Crippen LogP contribution in [-0.2, 0) is 29.1 Å². The molecular weight excluding hydrogens is 303 g/mol. The van der Waals surface area contributed by atoms with Crippen LogP contribution < -0.4 is 0 Å². The molecule has 0 saturated carbocycles. The fourth-order valence-electron chi connectivity index (χ4n) is 0.693. The summed E-state index contributed by atoms with van der Waals surface area (Å²) in [6.45, 7) is 23.6. The van der Waals surface area contributed by atoms with Crippen LogP contribution in [0.15, 0.2) is 0 Å². The van der Waals surface area contributed by atoms with Crippen molar-refractivity contribution < 1.29 is 29.1 Å². The van der Waals surface area contributed by atoms with E-state index in [-0.39, 0.29) is 19.5 Å². The molecule has 0 aliphatic heterocycles. The van der Waals surface area contributed by atoms with Crippen molar-refractivity contribution in [1.29, 1.82) is 0 Å². The standard InChI is InChI=1S/C7H13N.C4H9.2CHO.Ru/c1-4-6-7(5-2)8-3;1-4(2)3;2*1-2;/h7H,4-6H2,1-2H3;1-3H3;2*1H;/q;3*-1;+4. The molecule has 0 aromatic carbocycles. The van der Waals surface area contributed by atoms with Gasteiger partial charge in [0.05, 0.1) is 0 Å². The third kappa shape index (κ3) is 67.2. The van der Waals surface area contributed by atoms with Crippen LogP contribution in [0.2, 0.25) is 0 Å². The van der Waals surface area contributed by atoms with Gasteiger partial charge in [0.15, 0.2) is 0 Å². The van der Waals surface area contributed by atoms with E-state index in [1.807, 2.05) is 0 Å². The number of carbonyl (C=O) groups excluding carboxylic acids is 2. The summed E-state index contributed by atoms with van der Waals surface area (Å²) in [5.41, 5.74) is 0. The normalized spacial score (nSPS) is 8.53. The summed E-state index contributed by atoms with van der Waals surface area (Å²) in [5.74, 6) is 1.42. The third-order valence-electron chi connectivity index (χ3n) is 1.28. The number of hydrogen-bond acceptors (Lipinski definition) is 2. The summed E-state index contributed by atoms with van der Waals surface area (Å²) in [5, 5.41) is 0. The van der Waals surface area contributed by atoms with Gasteiger partial charge in [0.1, 0.15) is 0 Å². The van der Waals surface area contributed by atoms with Crippen LogP contribution >= 0.6 is 0 Å². The molecule has 0 bridgehead atoms. The molecule has 1 unspecified atom stereocenters. The predicted octanol–water partition coefficient (Wildman–Crippen LogP) is 3.55. The van der Waals surface area contributed by atoms with Gasteiger partial charge in [0.25, 0.3) is 0 Å². The van der Waals surface area contributed by atoms with Gasteiger partial charge in [-0.3, -0.25) is 13.6 Å². The average molecular weight is 327 g/mol. The fourth-order valence-corrected chi connectivity index (χ4v) is 0.693. The zero-order chi connectivity index (χ0) is 14.0. The Bertz CT molecular complexity index is 142. The van der Waals surface area contributed by atoms with Crippen molar-refractivity contribution >= 4 is 13.6 Å². The van der Waals surface area contributed by atoms with Crippen molar-refractivity contribution in [2.45, 2.75) is 59.9 Å². The summed E-state index contributed by atoms with van der Waals surface area (Å²) < 4.78 is 0. The summed E-state index contributed by atoms with van der Waals surface area (Å²) in [6, 6.07) is 0.292. The second-order valence-corrected chi connectivity index (χ2v) is 3.48. The van der Waals surface area contributed by atoms with Gasteiger partial charge in [-0.25, -0.2) is 6.57 Å². The van der Waals surface area contributed by atoms with E-state index in [9.17, 15) is 0 Å². The maximum Gasteiger partial charge on any atom is 4.00 e. The fraction of sp³-hybridized carbons (Fsp3) is 0.692. The molecule has 0 spiro atoms. The molecule has 0 saturated heterocycles. The summed E-state index contributed by atoms with van der Waals surface area (Å²) in [4.78, 5) is 18.9. The Morgan fingerprint density at radius 2 is 1.41 bits per heavy atom. The molecule has 0 aromatic rings. The van der Waals surface area contributed by atoms with Gasteiger partial charge >= 0.3 is 19.5 Å². The maximum absolute atomic E-state index is 7.75. The molecule has 1 atom stereocenters. The number of hydrogen-bond donors (Lipinski definition) is 0. The first kappa shape index (κ1) is 30.0. The minimum atomic E-state index is 0. The first-order valence-corrected chi connectivity index (χ1v) is 5.18. The van der Waals surface area contributed by atoms with E-state index in [0.717, 1.165) is 19.3 Å². The van der Waals surface area contributed by atoms with Crippen molar-refractivity contribution in [2.75, 3.05) is 0 Å². The minimum absolute atomic E-state index is 0. The predicted molar refractivity (Wildman–Crippen MR) is 69.4 cm³/mol. The summed E-state index contributed by atoms with van der Waals surface area (Å²) >= 11 is 0. The second-order valence-electron chi connectivity index (χ2n) is 3.48. The van der Waals surface area contributed by atoms with E-state index >= 15 is 0 Å². The van der Waals surface area contributed by atoms with Crippen molar-refractivity contribution in [1.82, 2.24) is 0 Å². The van der Waals surface area contributed by atoms with Gasteiger partial charge in [-0.05, 0) is 6.42 Å². The molecule has 0 amide bonds. The van der Waals surface area contributed by atoms with Gasteiger partial charge in [0.2, 0.25) is 6.04 Å². The molecule has 0 fully saturated rings. The number of nitrogens with zero attached hydrogens (tertiary/aromatic N) is 1. The second kappa shape index (κ2) is 36.1. The van der Waals surface area contributed by atoms with Gasteiger partial charge in [-0.1, -0.05) is 13.8 Å². The SMILES string of the molecule is C[C-](C)C.[C-]#[N+]C(CC)CCC.[CH-]=O.[CH-]=O.[Ru+4]. The van der Waals surface area contributed by atoms with Crippen LogP contribution in [0.5, 0.6) is 0 Å². The Morgan fingerprint density at radius 3 is 1.47 bits per heavy atom. The zero-order valence-corrected chi connectivity index (χ0v) is 13.2. The van der Waals surface area contributed by atoms with Crippen LogP contribution in [0.1, 0.15) is 53.9 Å². The van der Waals surface area contributed by atoms with Gasteiger partial charge in [-0.15, -0.1) is 0 Å². The van der Waals surface area contributed by atoms with Crippen molar-refractivity contribution in [3.8, 4) is 0 Å². The molecule has 3 nitrogen and oxygen atoms in total. The van der Waals surface area contributed by atoms with Crippen molar-refractivity contribution in [2.24, 2.45) is 0 Å². The van der Waals surface area contributed by atoms with Crippen molar-refractivity contribution in [3.63, 3.8) is 0 Å². The smallest absolute Gasteiger partial charge is 0.545 e. The molecule has 0 aliphatic rings. The largest absolute Gasteiger partial charge is 4.00 e. The molecule has 100 valence electrons. The summed E-state index contributed by atoms with van der Waals surface area (Å²) in [6.07, 6.45) is 3.22. The first-order chi connectivity index (χ1) is 7.58. The first-order valence-electron chi connectivity index (χ1n) is 5.18. The van der Waals surface area contributed by atoms with E-state index in [2.05, 4.69) is 53.0 Å². The summed E-state index contributed by atoms with van der Waals surface area (Å²) in [7, 11) is 0. The Morgan fingerprint density at radius 1 is 1.12 bits per heavy atom. The quantitative estimate of drug-likeness (QED) is 0.452. The van der Waals surface area contributed by atoms with Crippen molar-refractivity contribution in [3.05, 3.63) is 17.3 Å². The average Bonchev–Trinajstić information content (AvgIpc) is 2.30. The number of rotatable bonds is 3. The molecule has 0 rings (SSSR count). The topological polar surface area (TPSA) is 38.5 Å². The van der Waals surface area contributed by atoms with Crippen LogP contribution in [0.25, 0.3) is 4.85 Å². The molecule has 0 N–H and O–H groups in total. The molecular formula is C13H24NO2Ru+. The monoisotopic (exact) mass is 328 g/mol. The molecule has 4 heteroatoms. The Labute approximate surface area is 120 Å². The third-order valence-corrected chi connectivity index (χ3v) is 1.28. The maximum atomic E-state index is 7.75. The van der Waals surface area contributed by atoms with Crippen LogP contribution in [-0.4, -0.2) is 19.6 Å². The van der Waals surface area contributed by atoms with Gasteiger partial charge in [-0.2, -0.15) is 20.8 Å². The minimum Gasteiger partial charge on any atom is -0.545 e.